The molecule has 2 N–H and O–H groups in total. The van der Waals surface area contributed by atoms with Gasteiger partial charge in [0.15, 0.2) is 0 Å². The van der Waals surface area contributed by atoms with Gasteiger partial charge in [-0.05, 0) is 62.5 Å². The first-order chi connectivity index (χ1) is 13.6. The third kappa shape index (κ3) is 7.01. The normalized spacial score (nSPS) is 14.8. The van der Waals surface area contributed by atoms with Gasteiger partial charge in [0.2, 0.25) is 0 Å². The van der Waals surface area contributed by atoms with Crippen LogP contribution in [0.1, 0.15) is 29.9 Å². The zero-order valence-corrected chi connectivity index (χ0v) is 16.3. The van der Waals surface area contributed by atoms with Crippen molar-refractivity contribution in [3.8, 4) is 0 Å². The van der Waals surface area contributed by atoms with Crippen molar-refractivity contribution in [2.75, 3.05) is 13.1 Å². The largest absolute Gasteiger partial charge is 0.490 e. The third-order valence-corrected chi connectivity index (χ3v) is 5.44. The first kappa shape index (κ1) is 23.2. The molecule has 1 heterocycles. The number of piperidine rings is 1. The second-order valence-corrected chi connectivity index (χ2v) is 7.63. The van der Waals surface area contributed by atoms with Crippen molar-refractivity contribution in [1.82, 2.24) is 5.32 Å². The average molecular weight is 433 g/mol. The molecule has 9 heteroatoms. The molecule has 2 aromatic rings. The number of carbonyl (C=O) groups is 1. The van der Waals surface area contributed by atoms with E-state index in [2.05, 4.69) is 24.4 Å². The number of carboxylic acid groups (broad SMARTS) is 1. The summed E-state index contributed by atoms with van der Waals surface area (Å²) in [4.78, 5) is 10.4. The van der Waals surface area contributed by atoms with Gasteiger partial charge in [0, 0.05) is 15.9 Å². The lowest BCUT2D eigenvalue weighted by Gasteiger charge is -2.25. The van der Waals surface area contributed by atoms with E-state index in [1.54, 1.807) is 0 Å². The number of halogens is 5. The summed E-state index contributed by atoms with van der Waals surface area (Å²) in [5, 5.41) is 10.5. The van der Waals surface area contributed by atoms with E-state index in [0.717, 1.165) is 36.9 Å². The van der Waals surface area contributed by atoms with Gasteiger partial charge in [0.05, 0.1) is 0 Å². The Morgan fingerprint density at radius 3 is 2.21 bits per heavy atom. The maximum atomic E-state index is 13.9. The molecular formula is C20H20F5NO2S. The van der Waals surface area contributed by atoms with Crippen molar-refractivity contribution in [3.63, 3.8) is 0 Å². The van der Waals surface area contributed by atoms with Gasteiger partial charge in [-0.25, -0.2) is 13.6 Å². The number of alkyl halides is 3. The maximum absolute atomic E-state index is 13.9. The second kappa shape index (κ2) is 10.1. The molecule has 1 aliphatic heterocycles. The highest BCUT2D eigenvalue weighted by Crippen LogP contribution is 2.38. The van der Waals surface area contributed by atoms with Crippen LogP contribution in [0.25, 0.3) is 0 Å². The molecule has 1 fully saturated rings. The van der Waals surface area contributed by atoms with Crippen molar-refractivity contribution < 1.29 is 31.9 Å². The van der Waals surface area contributed by atoms with Crippen molar-refractivity contribution >= 4 is 17.7 Å². The predicted molar refractivity (Wildman–Crippen MR) is 100 cm³/mol. The fourth-order valence-corrected chi connectivity index (χ4v) is 3.90. The summed E-state index contributed by atoms with van der Waals surface area (Å²) in [6.45, 7) is 4.12. The highest BCUT2D eigenvalue weighted by Gasteiger charge is 2.38. The van der Waals surface area contributed by atoms with Crippen molar-refractivity contribution in [3.05, 3.63) is 59.2 Å². The quantitative estimate of drug-likeness (QED) is 0.626. The van der Waals surface area contributed by atoms with Crippen LogP contribution in [0.4, 0.5) is 22.0 Å². The van der Waals surface area contributed by atoms with Crippen LogP contribution in [-0.2, 0) is 4.79 Å². The number of carboxylic acids is 1. The Bertz CT molecular complexity index is 851. The fourth-order valence-electron chi connectivity index (χ4n) is 2.89. The van der Waals surface area contributed by atoms with Gasteiger partial charge in [-0.3, -0.25) is 0 Å². The minimum atomic E-state index is -5.08. The first-order valence-corrected chi connectivity index (χ1v) is 9.64. The van der Waals surface area contributed by atoms with Crippen molar-refractivity contribution in [1.29, 1.82) is 0 Å². The van der Waals surface area contributed by atoms with Crippen LogP contribution >= 0.6 is 11.8 Å². The molecule has 1 aliphatic rings. The number of hydrogen-bond donors (Lipinski definition) is 2. The fraction of sp³-hybridized carbons (Fsp3) is 0.350. The molecule has 3 rings (SSSR count). The van der Waals surface area contributed by atoms with Crippen LogP contribution in [-0.4, -0.2) is 30.3 Å². The summed E-state index contributed by atoms with van der Waals surface area (Å²) in [6, 6.07) is 10.1. The summed E-state index contributed by atoms with van der Waals surface area (Å²) >= 11 is 1.39. The number of benzene rings is 2. The Labute approximate surface area is 169 Å². The molecule has 29 heavy (non-hydrogen) atoms. The van der Waals surface area contributed by atoms with Gasteiger partial charge >= 0.3 is 12.1 Å². The number of rotatable bonds is 3. The summed E-state index contributed by atoms with van der Waals surface area (Å²) in [5.41, 5.74) is 2.51. The van der Waals surface area contributed by atoms with Crippen LogP contribution in [0.3, 0.4) is 0 Å². The Kier molecular flexibility index (Phi) is 8.04. The Morgan fingerprint density at radius 1 is 1.07 bits per heavy atom. The number of aryl methyl sites for hydroxylation is 1. The Balaban J connectivity index is 0.000000370. The molecule has 0 bridgehead atoms. The number of hydrogen-bond acceptors (Lipinski definition) is 3. The third-order valence-electron chi connectivity index (χ3n) is 4.30. The van der Waals surface area contributed by atoms with E-state index < -0.39 is 23.8 Å². The van der Waals surface area contributed by atoms with E-state index in [-0.39, 0.29) is 0 Å². The molecule has 2 aromatic carbocycles. The average Bonchev–Trinajstić information content (AvgIpc) is 2.65. The van der Waals surface area contributed by atoms with E-state index in [1.807, 2.05) is 6.07 Å². The molecule has 0 saturated carbocycles. The molecule has 0 spiro atoms. The van der Waals surface area contributed by atoms with Gasteiger partial charge < -0.3 is 10.4 Å². The van der Waals surface area contributed by atoms with Crippen LogP contribution < -0.4 is 5.32 Å². The molecule has 0 atom stereocenters. The standard InChI is InChI=1S/C18H19F2NS.C2HF3O2/c1-12-2-4-17(15(10-12)13-6-8-21-9-7-13)22-18-5-3-14(19)11-16(18)20;3-2(4,5)1(6)7/h2-5,10-11,13,21H,6-9H2,1H3;(H,6,7). The van der Waals surface area contributed by atoms with Gasteiger partial charge in [-0.1, -0.05) is 29.5 Å². The smallest absolute Gasteiger partial charge is 0.475 e. The van der Waals surface area contributed by atoms with E-state index in [0.29, 0.717) is 10.8 Å². The predicted octanol–water partition coefficient (Wildman–Crippen LogP) is 5.52. The van der Waals surface area contributed by atoms with Crippen LogP contribution in [0.15, 0.2) is 46.2 Å². The molecule has 0 aliphatic carbocycles. The topological polar surface area (TPSA) is 49.3 Å². The van der Waals surface area contributed by atoms with E-state index >= 15 is 0 Å². The van der Waals surface area contributed by atoms with E-state index in [9.17, 15) is 22.0 Å². The summed E-state index contributed by atoms with van der Waals surface area (Å²) in [5.74, 6) is -3.29. The van der Waals surface area contributed by atoms with Crippen LogP contribution in [0.2, 0.25) is 0 Å². The second-order valence-electron chi connectivity index (χ2n) is 6.55. The molecule has 1 saturated heterocycles. The summed E-state index contributed by atoms with van der Waals surface area (Å²) in [6.07, 6.45) is -2.88. The summed E-state index contributed by atoms with van der Waals surface area (Å²) < 4.78 is 58.7. The van der Waals surface area contributed by atoms with E-state index in [1.165, 1.54) is 35.0 Å². The number of aliphatic carboxylic acids is 1. The van der Waals surface area contributed by atoms with Gasteiger partial charge in [0.25, 0.3) is 0 Å². The SMILES string of the molecule is Cc1ccc(Sc2ccc(F)cc2F)c(C2CCNCC2)c1.O=C(O)C(F)(F)F. The monoisotopic (exact) mass is 433 g/mol. The van der Waals surface area contributed by atoms with Crippen LogP contribution in [0, 0.1) is 18.6 Å². The highest BCUT2D eigenvalue weighted by atomic mass is 32.2. The highest BCUT2D eigenvalue weighted by molar-refractivity contribution is 7.99. The van der Waals surface area contributed by atoms with E-state index in [4.69, 9.17) is 9.90 Å². The Hall–Kier alpha value is -2.13. The molecular weight excluding hydrogens is 413 g/mol. The van der Waals surface area contributed by atoms with Crippen LogP contribution in [0.5, 0.6) is 0 Å². The zero-order valence-electron chi connectivity index (χ0n) is 15.5. The number of nitrogens with one attached hydrogen (secondary N) is 1. The molecule has 0 amide bonds. The van der Waals surface area contributed by atoms with Gasteiger partial charge in [-0.2, -0.15) is 13.2 Å². The molecule has 0 radical (unpaired) electrons. The lowest BCUT2D eigenvalue weighted by Crippen LogP contribution is -2.26. The van der Waals surface area contributed by atoms with Gasteiger partial charge in [0.1, 0.15) is 11.6 Å². The molecule has 158 valence electrons. The van der Waals surface area contributed by atoms with Gasteiger partial charge in [-0.15, -0.1) is 0 Å². The lowest BCUT2D eigenvalue weighted by molar-refractivity contribution is -0.192. The van der Waals surface area contributed by atoms with Crippen molar-refractivity contribution in [2.24, 2.45) is 0 Å². The maximum Gasteiger partial charge on any atom is 0.490 e. The Morgan fingerprint density at radius 2 is 1.66 bits per heavy atom. The zero-order chi connectivity index (χ0) is 21.6. The molecule has 0 unspecified atom stereocenters. The molecule has 0 aromatic heterocycles. The lowest BCUT2D eigenvalue weighted by atomic mass is 9.89. The first-order valence-electron chi connectivity index (χ1n) is 8.82. The minimum Gasteiger partial charge on any atom is -0.475 e. The molecule has 3 nitrogen and oxygen atoms in total. The summed E-state index contributed by atoms with van der Waals surface area (Å²) in [7, 11) is 0. The van der Waals surface area contributed by atoms with Crippen molar-refractivity contribution in [2.45, 2.75) is 41.7 Å². The minimum absolute atomic E-state index is 0.473.